The summed E-state index contributed by atoms with van der Waals surface area (Å²) < 4.78 is 7.17. The van der Waals surface area contributed by atoms with Gasteiger partial charge in [0.25, 0.3) is 0 Å². The van der Waals surface area contributed by atoms with E-state index in [1.165, 1.54) is 0 Å². The molecule has 0 fully saturated rings. The molecular weight excluding hydrogens is 264 g/mol. The van der Waals surface area contributed by atoms with E-state index >= 15 is 0 Å². The Labute approximate surface area is 123 Å². The third kappa shape index (κ3) is 2.62. The van der Waals surface area contributed by atoms with Crippen molar-refractivity contribution >= 4 is 11.0 Å². The molecule has 0 saturated carbocycles. The lowest BCUT2D eigenvalue weighted by molar-refractivity contribution is 0.157. The van der Waals surface area contributed by atoms with Crippen LogP contribution in [0.4, 0.5) is 0 Å². The van der Waals surface area contributed by atoms with Gasteiger partial charge in [0.1, 0.15) is 5.75 Å². The van der Waals surface area contributed by atoms with Gasteiger partial charge in [-0.2, -0.15) is 0 Å². The van der Waals surface area contributed by atoms with E-state index in [4.69, 9.17) is 4.74 Å². The number of hydrogen-bond donors (Lipinski definition) is 1. The summed E-state index contributed by atoms with van der Waals surface area (Å²) in [6.07, 6.45) is 1.20. The average Bonchev–Trinajstić information content (AvgIpc) is 2.90. The van der Waals surface area contributed by atoms with Gasteiger partial charge in [0, 0.05) is 0 Å². The van der Waals surface area contributed by atoms with Crippen LogP contribution in [0.5, 0.6) is 5.75 Å². The van der Waals surface area contributed by atoms with Crippen LogP contribution in [0.25, 0.3) is 11.0 Å². The quantitative estimate of drug-likeness (QED) is 0.800. The molecule has 0 aliphatic carbocycles. The minimum Gasteiger partial charge on any atom is -0.497 e. The number of aliphatic hydroxyl groups excluding tert-OH is 1. The first-order chi connectivity index (χ1) is 10.2. The lowest BCUT2D eigenvalue weighted by Gasteiger charge is -2.15. The lowest BCUT2D eigenvalue weighted by atomic mass is 10.0. The SMILES string of the molecule is COc1ccc(C(O)Cn2cnc3ccccc32)c(C)c1. The maximum Gasteiger partial charge on any atom is 0.119 e. The number of para-hydroxylation sites is 2. The average molecular weight is 282 g/mol. The van der Waals surface area contributed by atoms with Crippen molar-refractivity contribution in [2.24, 2.45) is 0 Å². The van der Waals surface area contributed by atoms with Crippen LogP contribution in [-0.4, -0.2) is 21.8 Å². The number of benzene rings is 2. The van der Waals surface area contributed by atoms with Crippen LogP contribution in [0.3, 0.4) is 0 Å². The van der Waals surface area contributed by atoms with E-state index in [-0.39, 0.29) is 0 Å². The van der Waals surface area contributed by atoms with E-state index in [0.717, 1.165) is 27.9 Å². The highest BCUT2D eigenvalue weighted by Crippen LogP contribution is 2.24. The first-order valence-electron chi connectivity index (χ1n) is 6.91. The van der Waals surface area contributed by atoms with E-state index < -0.39 is 6.10 Å². The van der Waals surface area contributed by atoms with E-state index in [9.17, 15) is 5.11 Å². The van der Waals surface area contributed by atoms with Gasteiger partial charge in [-0.05, 0) is 42.3 Å². The smallest absolute Gasteiger partial charge is 0.119 e. The van der Waals surface area contributed by atoms with Crippen molar-refractivity contribution in [3.05, 3.63) is 59.9 Å². The Kier molecular flexibility index (Phi) is 3.62. The Morgan fingerprint density at radius 3 is 2.81 bits per heavy atom. The monoisotopic (exact) mass is 282 g/mol. The molecule has 0 saturated heterocycles. The number of aromatic nitrogens is 2. The van der Waals surface area contributed by atoms with Crippen LogP contribution in [0.2, 0.25) is 0 Å². The number of imidazole rings is 1. The molecule has 0 aliphatic rings. The van der Waals surface area contributed by atoms with Crippen LogP contribution >= 0.6 is 0 Å². The molecule has 1 heterocycles. The highest BCUT2D eigenvalue weighted by Gasteiger charge is 2.13. The molecule has 4 heteroatoms. The Balaban J connectivity index is 1.87. The molecule has 1 aromatic heterocycles. The minimum atomic E-state index is -0.575. The number of aryl methyl sites for hydroxylation is 1. The Morgan fingerprint density at radius 2 is 2.05 bits per heavy atom. The van der Waals surface area contributed by atoms with Crippen molar-refractivity contribution in [1.29, 1.82) is 0 Å². The molecule has 0 bridgehead atoms. The minimum absolute atomic E-state index is 0.480. The molecule has 1 unspecified atom stereocenters. The molecule has 108 valence electrons. The summed E-state index contributed by atoms with van der Waals surface area (Å²) >= 11 is 0. The van der Waals surface area contributed by atoms with Gasteiger partial charge in [0.2, 0.25) is 0 Å². The van der Waals surface area contributed by atoms with Crippen molar-refractivity contribution in [3.8, 4) is 5.75 Å². The summed E-state index contributed by atoms with van der Waals surface area (Å²) in [5, 5.41) is 10.5. The third-order valence-electron chi connectivity index (χ3n) is 3.73. The molecule has 0 radical (unpaired) electrons. The molecule has 3 aromatic rings. The lowest BCUT2D eigenvalue weighted by Crippen LogP contribution is -2.09. The van der Waals surface area contributed by atoms with E-state index in [2.05, 4.69) is 4.98 Å². The molecule has 0 spiro atoms. The largest absolute Gasteiger partial charge is 0.497 e. The molecule has 21 heavy (non-hydrogen) atoms. The number of methoxy groups -OCH3 is 1. The number of aliphatic hydroxyl groups is 1. The Hall–Kier alpha value is -2.33. The second-order valence-corrected chi connectivity index (χ2v) is 5.12. The van der Waals surface area contributed by atoms with Gasteiger partial charge in [-0.25, -0.2) is 4.98 Å². The standard InChI is InChI=1S/C17H18N2O2/c1-12-9-13(21-2)7-8-14(12)17(20)10-19-11-18-15-5-3-4-6-16(15)19/h3-9,11,17,20H,10H2,1-2H3. The zero-order chi connectivity index (χ0) is 14.8. The van der Waals surface area contributed by atoms with Gasteiger partial charge < -0.3 is 14.4 Å². The molecular formula is C17H18N2O2. The summed E-state index contributed by atoms with van der Waals surface area (Å²) in [5.74, 6) is 0.802. The summed E-state index contributed by atoms with van der Waals surface area (Å²) in [6, 6.07) is 13.6. The fraction of sp³-hybridized carbons (Fsp3) is 0.235. The van der Waals surface area contributed by atoms with Crippen LogP contribution < -0.4 is 4.74 Å². The van der Waals surface area contributed by atoms with E-state index in [0.29, 0.717) is 6.54 Å². The van der Waals surface area contributed by atoms with Crippen LogP contribution in [-0.2, 0) is 6.54 Å². The highest BCUT2D eigenvalue weighted by atomic mass is 16.5. The summed E-state index contributed by atoms with van der Waals surface area (Å²) in [4.78, 5) is 4.35. The van der Waals surface area contributed by atoms with Crippen molar-refractivity contribution in [3.63, 3.8) is 0 Å². The summed E-state index contributed by atoms with van der Waals surface area (Å²) in [7, 11) is 1.64. The predicted molar refractivity (Wildman–Crippen MR) is 82.4 cm³/mol. The van der Waals surface area contributed by atoms with Gasteiger partial charge in [-0.3, -0.25) is 0 Å². The number of ether oxygens (including phenoxy) is 1. The summed E-state index contributed by atoms with van der Waals surface area (Å²) in [6.45, 7) is 2.46. The first-order valence-corrected chi connectivity index (χ1v) is 6.91. The normalized spacial score (nSPS) is 12.5. The van der Waals surface area contributed by atoms with Gasteiger partial charge in [-0.15, -0.1) is 0 Å². The molecule has 1 N–H and O–H groups in total. The second-order valence-electron chi connectivity index (χ2n) is 5.12. The molecule has 0 amide bonds. The highest BCUT2D eigenvalue weighted by molar-refractivity contribution is 5.74. The maximum atomic E-state index is 10.5. The second kappa shape index (κ2) is 5.58. The Bertz CT molecular complexity index is 764. The fourth-order valence-corrected chi connectivity index (χ4v) is 2.59. The van der Waals surface area contributed by atoms with E-state index in [1.54, 1.807) is 13.4 Å². The maximum absolute atomic E-state index is 10.5. The summed E-state index contributed by atoms with van der Waals surface area (Å²) in [5.41, 5.74) is 3.90. The van der Waals surface area contributed by atoms with Gasteiger partial charge >= 0.3 is 0 Å². The molecule has 4 nitrogen and oxygen atoms in total. The molecule has 0 aliphatic heterocycles. The van der Waals surface area contributed by atoms with Crippen LogP contribution in [0.15, 0.2) is 48.8 Å². The number of fused-ring (bicyclic) bond motifs is 1. The number of rotatable bonds is 4. The zero-order valence-electron chi connectivity index (χ0n) is 12.2. The number of hydrogen-bond acceptors (Lipinski definition) is 3. The van der Waals surface area contributed by atoms with E-state index in [1.807, 2.05) is 54.0 Å². The van der Waals surface area contributed by atoms with Crippen molar-refractivity contribution in [1.82, 2.24) is 9.55 Å². The third-order valence-corrected chi connectivity index (χ3v) is 3.73. The Morgan fingerprint density at radius 1 is 1.24 bits per heavy atom. The van der Waals surface area contributed by atoms with Crippen molar-refractivity contribution in [2.75, 3.05) is 7.11 Å². The van der Waals surface area contributed by atoms with Crippen LogP contribution in [0.1, 0.15) is 17.2 Å². The molecule has 1 atom stereocenters. The molecule has 2 aromatic carbocycles. The van der Waals surface area contributed by atoms with Gasteiger partial charge in [0.15, 0.2) is 0 Å². The first kappa shape index (κ1) is 13.6. The van der Waals surface area contributed by atoms with Gasteiger partial charge in [-0.1, -0.05) is 18.2 Å². The predicted octanol–water partition coefficient (Wildman–Crippen LogP) is 3.09. The van der Waals surface area contributed by atoms with Crippen LogP contribution in [0, 0.1) is 6.92 Å². The zero-order valence-corrected chi connectivity index (χ0v) is 12.2. The van der Waals surface area contributed by atoms with Crippen molar-refractivity contribution < 1.29 is 9.84 Å². The van der Waals surface area contributed by atoms with Gasteiger partial charge in [0.05, 0.1) is 37.1 Å². The van der Waals surface area contributed by atoms with Crippen molar-refractivity contribution in [2.45, 2.75) is 19.6 Å². The molecule has 3 rings (SSSR count). The topological polar surface area (TPSA) is 47.3 Å². The number of nitrogens with zero attached hydrogens (tertiary/aromatic N) is 2. The fourth-order valence-electron chi connectivity index (χ4n) is 2.59.